The summed E-state index contributed by atoms with van der Waals surface area (Å²) in [5.74, 6) is 2.19. The van der Waals surface area contributed by atoms with E-state index in [4.69, 9.17) is 26.5 Å². The number of furan rings is 1. The van der Waals surface area contributed by atoms with Crippen molar-refractivity contribution in [2.24, 2.45) is 5.73 Å². The molecule has 0 saturated carbocycles. The SMILES string of the molecule is CCC(N)C(Oc1ccccc1Cl)c1ccc(C)o1. The van der Waals surface area contributed by atoms with Crippen LogP contribution in [-0.4, -0.2) is 6.04 Å². The molecule has 0 fully saturated rings. The Kier molecular flexibility index (Phi) is 4.51. The van der Waals surface area contributed by atoms with Crippen molar-refractivity contribution in [1.29, 1.82) is 0 Å². The van der Waals surface area contributed by atoms with Gasteiger partial charge in [0.15, 0.2) is 6.10 Å². The van der Waals surface area contributed by atoms with Crippen molar-refractivity contribution in [1.82, 2.24) is 0 Å². The van der Waals surface area contributed by atoms with E-state index >= 15 is 0 Å². The van der Waals surface area contributed by atoms with Gasteiger partial charge in [-0.2, -0.15) is 0 Å². The fourth-order valence-corrected chi connectivity index (χ4v) is 2.03. The molecule has 0 aliphatic rings. The fraction of sp³-hybridized carbons (Fsp3) is 0.333. The highest BCUT2D eigenvalue weighted by atomic mass is 35.5. The van der Waals surface area contributed by atoms with Crippen molar-refractivity contribution >= 4 is 11.6 Å². The Morgan fingerprint density at radius 1 is 1.26 bits per heavy atom. The van der Waals surface area contributed by atoms with Crippen LogP contribution >= 0.6 is 11.6 Å². The summed E-state index contributed by atoms with van der Waals surface area (Å²) in [6.45, 7) is 3.91. The van der Waals surface area contributed by atoms with Crippen LogP contribution in [0.3, 0.4) is 0 Å². The maximum atomic E-state index is 6.13. The average molecular weight is 280 g/mol. The average Bonchev–Trinajstić information content (AvgIpc) is 2.83. The lowest BCUT2D eigenvalue weighted by molar-refractivity contribution is 0.143. The molecule has 1 aromatic heterocycles. The van der Waals surface area contributed by atoms with Crippen LogP contribution in [0.25, 0.3) is 0 Å². The van der Waals surface area contributed by atoms with Crippen molar-refractivity contribution in [3.63, 3.8) is 0 Å². The predicted octanol–water partition coefficient (Wildman–Crippen LogP) is 4.10. The van der Waals surface area contributed by atoms with Crippen LogP contribution in [0.5, 0.6) is 5.75 Å². The fourth-order valence-electron chi connectivity index (χ4n) is 1.85. The van der Waals surface area contributed by atoms with Gasteiger partial charge in [0.2, 0.25) is 0 Å². The van der Waals surface area contributed by atoms with Crippen LogP contribution in [0.4, 0.5) is 0 Å². The lowest BCUT2D eigenvalue weighted by Crippen LogP contribution is -2.31. The summed E-state index contributed by atoms with van der Waals surface area (Å²) in [6, 6.07) is 11.0. The Bertz CT molecular complexity index is 538. The maximum Gasteiger partial charge on any atom is 0.171 e. The van der Waals surface area contributed by atoms with E-state index in [-0.39, 0.29) is 12.1 Å². The second-order valence-corrected chi connectivity index (χ2v) is 4.90. The van der Waals surface area contributed by atoms with Gasteiger partial charge >= 0.3 is 0 Å². The highest BCUT2D eigenvalue weighted by Gasteiger charge is 2.24. The largest absolute Gasteiger partial charge is 0.479 e. The number of rotatable bonds is 5. The highest BCUT2D eigenvalue weighted by Crippen LogP contribution is 2.31. The second-order valence-electron chi connectivity index (χ2n) is 4.49. The van der Waals surface area contributed by atoms with Gasteiger partial charge in [-0.25, -0.2) is 0 Å². The van der Waals surface area contributed by atoms with E-state index in [0.29, 0.717) is 10.8 Å². The standard InChI is InChI=1S/C15H18ClNO2/c1-3-12(17)15(14-9-8-10(2)18-14)19-13-7-5-4-6-11(13)16/h4-9,12,15H,3,17H2,1-2H3. The molecule has 1 aromatic carbocycles. The number of benzene rings is 1. The molecule has 0 spiro atoms. The third-order valence-corrected chi connectivity index (χ3v) is 3.30. The second kappa shape index (κ2) is 6.13. The first kappa shape index (κ1) is 14.0. The Balaban J connectivity index is 2.27. The van der Waals surface area contributed by atoms with Crippen molar-refractivity contribution in [2.45, 2.75) is 32.4 Å². The summed E-state index contributed by atoms with van der Waals surface area (Å²) in [4.78, 5) is 0. The molecule has 2 N–H and O–H groups in total. The topological polar surface area (TPSA) is 48.4 Å². The molecule has 3 nitrogen and oxygen atoms in total. The van der Waals surface area contributed by atoms with E-state index in [2.05, 4.69) is 0 Å². The minimum Gasteiger partial charge on any atom is -0.479 e. The number of halogens is 1. The molecule has 2 aromatic rings. The lowest BCUT2D eigenvalue weighted by Gasteiger charge is -2.23. The monoisotopic (exact) mass is 279 g/mol. The number of hydrogen-bond donors (Lipinski definition) is 1. The summed E-state index contributed by atoms with van der Waals surface area (Å²) >= 11 is 6.11. The normalized spacial score (nSPS) is 14.1. The third kappa shape index (κ3) is 3.31. The first-order chi connectivity index (χ1) is 9.11. The number of aryl methyl sites for hydroxylation is 1. The summed E-state index contributed by atoms with van der Waals surface area (Å²) in [6.07, 6.45) is 0.452. The molecule has 0 aliphatic heterocycles. The van der Waals surface area contributed by atoms with Crippen molar-refractivity contribution in [3.05, 3.63) is 52.9 Å². The minimum absolute atomic E-state index is 0.151. The molecule has 0 bridgehead atoms. The molecule has 0 saturated heterocycles. The molecular formula is C15H18ClNO2. The van der Waals surface area contributed by atoms with Gasteiger partial charge < -0.3 is 14.9 Å². The Morgan fingerprint density at radius 3 is 2.58 bits per heavy atom. The summed E-state index contributed by atoms with van der Waals surface area (Å²) in [5, 5.41) is 0.569. The molecule has 102 valence electrons. The van der Waals surface area contributed by atoms with Gasteiger partial charge in [-0.15, -0.1) is 0 Å². The molecule has 2 rings (SSSR count). The molecule has 0 radical (unpaired) electrons. The summed E-state index contributed by atoms with van der Waals surface area (Å²) in [7, 11) is 0. The van der Waals surface area contributed by atoms with Gasteiger partial charge in [-0.05, 0) is 37.6 Å². The van der Waals surface area contributed by atoms with Gasteiger partial charge in [0, 0.05) is 6.04 Å². The lowest BCUT2D eigenvalue weighted by atomic mass is 10.1. The van der Waals surface area contributed by atoms with E-state index in [1.807, 2.05) is 44.2 Å². The Morgan fingerprint density at radius 2 is 2.00 bits per heavy atom. The van der Waals surface area contributed by atoms with E-state index in [0.717, 1.165) is 17.9 Å². The molecule has 2 unspecified atom stereocenters. The maximum absolute atomic E-state index is 6.13. The van der Waals surface area contributed by atoms with Crippen LogP contribution in [0.2, 0.25) is 5.02 Å². The Labute approximate surface area is 118 Å². The Hall–Kier alpha value is -1.45. The molecule has 0 aliphatic carbocycles. The van der Waals surface area contributed by atoms with Crippen LogP contribution < -0.4 is 10.5 Å². The van der Waals surface area contributed by atoms with E-state index in [9.17, 15) is 0 Å². The first-order valence-corrected chi connectivity index (χ1v) is 6.72. The number of nitrogens with two attached hydrogens (primary N) is 1. The van der Waals surface area contributed by atoms with E-state index in [1.54, 1.807) is 6.07 Å². The minimum atomic E-state index is -0.335. The van der Waals surface area contributed by atoms with Gasteiger partial charge in [-0.1, -0.05) is 30.7 Å². The summed E-state index contributed by atoms with van der Waals surface area (Å²) in [5.41, 5.74) is 6.13. The van der Waals surface area contributed by atoms with Crippen molar-refractivity contribution in [2.75, 3.05) is 0 Å². The summed E-state index contributed by atoms with van der Waals surface area (Å²) < 4.78 is 11.6. The van der Waals surface area contributed by atoms with E-state index < -0.39 is 0 Å². The predicted molar refractivity (Wildman–Crippen MR) is 76.5 cm³/mol. The van der Waals surface area contributed by atoms with Gasteiger partial charge in [0.25, 0.3) is 0 Å². The zero-order chi connectivity index (χ0) is 13.8. The zero-order valence-corrected chi connectivity index (χ0v) is 11.9. The van der Waals surface area contributed by atoms with Crippen molar-refractivity contribution < 1.29 is 9.15 Å². The third-order valence-electron chi connectivity index (χ3n) is 2.99. The van der Waals surface area contributed by atoms with Crippen LogP contribution in [0.1, 0.15) is 31.0 Å². The molecule has 19 heavy (non-hydrogen) atoms. The number of para-hydroxylation sites is 1. The molecule has 4 heteroatoms. The highest BCUT2D eigenvalue weighted by molar-refractivity contribution is 6.32. The number of hydrogen-bond acceptors (Lipinski definition) is 3. The molecule has 1 heterocycles. The van der Waals surface area contributed by atoms with Gasteiger partial charge in [0.1, 0.15) is 17.3 Å². The van der Waals surface area contributed by atoms with Crippen LogP contribution in [0, 0.1) is 6.92 Å². The van der Waals surface area contributed by atoms with E-state index in [1.165, 1.54) is 0 Å². The van der Waals surface area contributed by atoms with Gasteiger partial charge in [0.05, 0.1) is 5.02 Å². The molecular weight excluding hydrogens is 262 g/mol. The number of ether oxygens (including phenoxy) is 1. The van der Waals surface area contributed by atoms with Crippen LogP contribution in [0.15, 0.2) is 40.8 Å². The van der Waals surface area contributed by atoms with Gasteiger partial charge in [-0.3, -0.25) is 0 Å². The first-order valence-electron chi connectivity index (χ1n) is 6.35. The molecule has 2 atom stereocenters. The quantitative estimate of drug-likeness (QED) is 0.896. The van der Waals surface area contributed by atoms with Crippen molar-refractivity contribution in [3.8, 4) is 5.75 Å². The smallest absolute Gasteiger partial charge is 0.171 e. The molecule has 0 amide bonds. The zero-order valence-electron chi connectivity index (χ0n) is 11.1. The van der Waals surface area contributed by atoms with Crippen LogP contribution in [-0.2, 0) is 0 Å².